The Bertz CT molecular complexity index is 571. The molecule has 0 aliphatic heterocycles. The van der Waals surface area contributed by atoms with E-state index >= 15 is 0 Å². The molecular formula is C12H17FN2O2S2. The number of hydrogen-bond donors (Lipinski definition) is 2. The molecule has 0 fully saturated rings. The quantitative estimate of drug-likeness (QED) is 0.791. The van der Waals surface area contributed by atoms with E-state index in [1.165, 1.54) is 6.07 Å². The molecule has 1 rings (SSSR count). The number of nitrogens with one attached hydrogen (secondary N) is 1. The predicted octanol–water partition coefficient (Wildman–Crippen LogP) is 2.25. The average Bonchev–Trinajstić information content (AvgIpc) is 2.28. The molecule has 0 aliphatic rings. The second-order valence-electron chi connectivity index (χ2n) is 4.66. The molecule has 1 aromatic rings. The summed E-state index contributed by atoms with van der Waals surface area (Å²) < 4.78 is 39.2. The lowest BCUT2D eigenvalue weighted by Gasteiger charge is -2.12. The third kappa shape index (κ3) is 5.12. The van der Waals surface area contributed by atoms with Gasteiger partial charge in [-0.2, -0.15) is 0 Å². The minimum atomic E-state index is -3.49. The van der Waals surface area contributed by atoms with Crippen LogP contribution in [0.1, 0.15) is 25.8 Å². The Morgan fingerprint density at radius 2 is 2.11 bits per heavy atom. The maximum absolute atomic E-state index is 13.1. The molecule has 0 saturated carbocycles. The summed E-state index contributed by atoms with van der Waals surface area (Å²) >= 11 is 4.78. The van der Waals surface area contributed by atoms with Crippen molar-refractivity contribution >= 4 is 32.9 Å². The van der Waals surface area contributed by atoms with Gasteiger partial charge in [-0.3, -0.25) is 4.72 Å². The molecule has 0 amide bonds. The van der Waals surface area contributed by atoms with Crippen LogP contribution in [-0.2, 0) is 10.0 Å². The Morgan fingerprint density at radius 3 is 2.63 bits per heavy atom. The van der Waals surface area contributed by atoms with E-state index in [9.17, 15) is 12.8 Å². The van der Waals surface area contributed by atoms with Gasteiger partial charge in [-0.15, -0.1) is 0 Å². The van der Waals surface area contributed by atoms with Crippen LogP contribution >= 0.6 is 12.2 Å². The highest BCUT2D eigenvalue weighted by molar-refractivity contribution is 7.92. The molecule has 0 radical (unpaired) electrons. The Hall–Kier alpha value is -1.21. The first-order chi connectivity index (χ1) is 8.71. The zero-order valence-electron chi connectivity index (χ0n) is 10.8. The fourth-order valence-corrected chi connectivity index (χ4v) is 2.98. The molecular weight excluding hydrogens is 287 g/mol. The number of rotatable bonds is 6. The van der Waals surface area contributed by atoms with Gasteiger partial charge in [-0.05, 0) is 30.5 Å². The molecule has 106 valence electrons. The number of thiocarbonyl (C=S) groups is 1. The molecule has 7 heteroatoms. The van der Waals surface area contributed by atoms with Crippen LogP contribution in [0.15, 0.2) is 18.2 Å². The molecule has 0 bridgehead atoms. The summed E-state index contributed by atoms with van der Waals surface area (Å²) in [5, 5.41) is 0. The third-order valence-corrected chi connectivity index (χ3v) is 4.00. The summed E-state index contributed by atoms with van der Waals surface area (Å²) in [6, 6.07) is 3.58. The average molecular weight is 304 g/mol. The van der Waals surface area contributed by atoms with E-state index in [2.05, 4.69) is 4.72 Å². The lowest BCUT2D eigenvalue weighted by molar-refractivity contribution is 0.578. The zero-order chi connectivity index (χ0) is 14.6. The number of nitrogens with two attached hydrogens (primary N) is 1. The highest BCUT2D eigenvalue weighted by Crippen LogP contribution is 2.19. The van der Waals surface area contributed by atoms with E-state index in [1.54, 1.807) is 0 Å². The summed E-state index contributed by atoms with van der Waals surface area (Å²) in [7, 11) is -3.49. The van der Waals surface area contributed by atoms with Crippen LogP contribution in [0.4, 0.5) is 10.1 Å². The van der Waals surface area contributed by atoms with Crippen LogP contribution < -0.4 is 10.5 Å². The molecule has 4 nitrogen and oxygen atoms in total. The number of hydrogen-bond acceptors (Lipinski definition) is 3. The summed E-state index contributed by atoms with van der Waals surface area (Å²) in [6.45, 7) is 3.88. The van der Waals surface area contributed by atoms with Gasteiger partial charge in [-0.1, -0.05) is 26.1 Å². The first-order valence-electron chi connectivity index (χ1n) is 5.81. The molecule has 0 heterocycles. The Kier molecular flexibility index (Phi) is 5.25. The van der Waals surface area contributed by atoms with E-state index in [-0.39, 0.29) is 27.9 Å². The van der Waals surface area contributed by atoms with E-state index in [0.717, 1.165) is 12.1 Å². The zero-order valence-corrected chi connectivity index (χ0v) is 12.4. The molecule has 19 heavy (non-hydrogen) atoms. The maximum Gasteiger partial charge on any atom is 0.232 e. The first-order valence-corrected chi connectivity index (χ1v) is 7.87. The van der Waals surface area contributed by atoms with E-state index in [0.29, 0.717) is 6.42 Å². The van der Waals surface area contributed by atoms with Crippen molar-refractivity contribution in [2.75, 3.05) is 10.5 Å². The van der Waals surface area contributed by atoms with Crippen LogP contribution in [0.25, 0.3) is 0 Å². The lowest BCUT2D eigenvalue weighted by atomic mass is 10.2. The number of anilines is 1. The van der Waals surface area contributed by atoms with Gasteiger partial charge < -0.3 is 5.73 Å². The van der Waals surface area contributed by atoms with Crippen molar-refractivity contribution in [1.29, 1.82) is 0 Å². The van der Waals surface area contributed by atoms with Gasteiger partial charge >= 0.3 is 0 Å². The fourth-order valence-electron chi connectivity index (χ4n) is 1.42. The summed E-state index contributed by atoms with van der Waals surface area (Å²) in [5.74, 6) is -0.244. The van der Waals surface area contributed by atoms with Gasteiger partial charge in [0.2, 0.25) is 10.0 Å². The van der Waals surface area contributed by atoms with Gasteiger partial charge in [0.1, 0.15) is 10.8 Å². The highest BCUT2D eigenvalue weighted by atomic mass is 32.2. The molecule has 0 saturated heterocycles. The smallest absolute Gasteiger partial charge is 0.232 e. The van der Waals surface area contributed by atoms with E-state index in [1.807, 2.05) is 13.8 Å². The first kappa shape index (κ1) is 15.8. The molecule has 3 N–H and O–H groups in total. The molecule has 1 aromatic carbocycles. The van der Waals surface area contributed by atoms with Gasteiger partial charge in [0, 0.05) is 5.56 Å². The highest BCUT2D eigenvalue weighted by Gasteiger charge is 2.15. The predicted molar refractivity (Wildman–Crippen MR) is 79.2 cm³/mol. The molecule has 0 atom stereocenters. The van der Waals surface area contributed by atoms with Crippen molar-refractivity contribution in [2.45, 2.75) is 20.3 Å². The van der Waals surface area contributed by atoms with Crippen LogP contribution in [0, 0.1) is 11.7 Å². The lowest BCUT2D eigenvalue weighted by Crippen LogP contribution is -2.21. The Balaban J connectivity index is 2.96. The summed E-state index contributed by atoms with van der Waals surface area (Å²) in [6.07, 6.45) is 0.541. The fraction of sp³-hybridized carbons (Fsp3) is 0.417. The van der Waals surface area contributed by atoms with Crippen molar-refractivity contribution in [3.8, 4) is 0 Å². The molecule has 0 unspecified atom stereocenters. The number of halogens is 1. The van der Waals surface area contributed by atoms with Gasteiger partial charge in [0.05, 0.1) is 11.4 Å². The van der Waals surface area contributed by atoms with Gasteiger partial charge in [0.15, 0.2) is 0 Å². The van der Waals surface area contributed by atoms with Crippen LogP contribution in [0.3, 0.4) is 0 Å². The Morgan fingerprint density at radius 1 is 1.47 bits per heavy atom. The standard InChI is InChI=1S/C12H17FN2O2S2/c1-8(2)5-6-19(16,17)15-11-4-3-9(13)7-10(11)12(14)18/h3-4,7-8,15H,5-6H2,1-2H3,(H2,14,18). The monoisotopic (exact) mass is 304 g/mol. The molecule has 0 spiro atoms. The van der Waals surface area contributed by atoms with Crippen molar-refractivity contribution < 1.29 is 12.8 Å². The minimum absolute atomic E-state index is 0.00117. The molecule has 0 aromatic heterocycles. The third-order valence-electron chi connectivity index (χ3n) is 2.48. The van der Waals surface area contributed by atoms with Crippen LogP contribution in [0.5, 0.6) is 0 Å². The normalized spacial score (nSPS) is 11.6. The second kappa shape index (κ2) is 6.29. The van der Waals surface area contributed by atoms with E-state index in [4.69, 9.17) is 18.0 Å². The number of benzene rings is 1. The maximum atomic E-state index is 13.1. The largest absolute Gasteiger partial charge is 0.389 e. The van der Waals surface area contributed by atoms with Crippen molar-refractivity contribution in [3.05, 3.63) is 29.6 Å². The minimum Gasteiger partial charge on any atom is -0.389 e. The van der Waals surface area contributed by atoms with Gasteiger partial charge in [-0.25, -0.2) is 12.8 Å². The molecule has 0 aliphatic carbocycles. The van der Waals surface area contributed by atoms with E-state index < -0.39 is 15.8 Å². The number of sulfonamides is 1. The second-order valence-corrected chi connectivity index (χ2v) is 6.94. The Labute approximate surface area is 118 Å². The summed E-state index contributed by atoms with van der Waals surface area (Å²) in [5.41, 5.74) is 5.84. The topological polar surface area (TPSA) is 72.2 Å². The van der Waals surface area contributed by atoms with Gasteiger partial charge in [0.25, 0.3) is 0 Å². The van der Waals surface area contributed by atoms with Crippen LogP contribution in [-0.4, -0.2) is 19.2 Å². The van der Waals surface area contributed by atoms with Crippen molar-refractivity contribution in [1.82, 2.24) is 0 Å². The summed E-state index contributed by atoms with van der Waals surface area (Å²) in [4.78, 5) is -0.0546. The van der Waals surface area contributed by atoms with Crippen LogP contribution in [0.2, 0.25) is 0 Å². The van der Waals surface area contributed by atoms with Crippen molar-refractivity contribution in [3.63, 3.8) is 0 Å². The van der Waals surface area contributed by atoms with Crippen molar-refractivity contribution in [2.24, 2.45) is 11.7 Å². The SMILES string of the molecule is CC(C)CCS(=O)(=O)Nc1ccc(F)cc1C(N)=S.